The van der Waals surface area contributed by atoms with Crippen LogP contribution in [-0.2, 0) is 11.8 Å². The van der Waals surface area contributed by atoms with Crippen molar-refractivity contribution in [2.45, 2.75) is 32.6 Å². The topological polar surface area (TPSA) is 17.8 Å². The Morgan fingerprint density at radius 1 is 0.479 bits per heavy atom. The first kappa shape index (κ1) is 45.3. The van der Waals surface area contributed by atoms with Crippen molar-refractivity contribution >= 4 is 17.2 Å². The molecule has 2 aliphatic carbocycles. The summed E-state index contributed by atoms with van der Waals surface area (Å²) in [4.78, 5) is 5.29. The van der Waals surface area contributed by atoms with Crippen LogP contribution in [0.25, 0.3) is 78.8 Å². The second-order valence-electron chi connectivity index (χ2n) is 19.4. The predicted octanol–water partition coefficient (Wildman–Crippen LogP) is 18.2. The molecular formula is C71H56N2. The van der Waals surface area contributed by atoms with Gasteiger partial charge in [-0.3, -0.25) is 4.57 Å². The molecule has 2 atom stereocenters. The zero-order chi connectivity index (χ0) is 49.3. The number of aryl methyl sites for hydroxylation is 1. The van der Waals surface area contributed by atoms with Gasteiger partial charge in [-0.25, -0.2) is 4.98 Å². The molecule has 0 spiro atoms. The van der Waals surface area contributed by atoms with Gasteiger partial charge in [-0.2, -0.15) is 0 Å². The second kappa shape index (κ2) is 19.4. The van der Waals surface area contributed by atoms with E-state index in [4.69, 9.17) is 4.98 Å². The fraction of sp³-hybridized carbons (Fsp3) is 0.0845. The molecule has 350 valence electrons. The lowest BCUT2D eigenvalue weighted by Gasteiger charge is -2.46. The normalized spacial score (nSPS) is 16.0. The molecule has 2 aliphatic rings. The fourth-order valence-corrected chi connectivity index (χ4v) is 11.5. The monoisotopic (exact) mass is 936 g/mol. The maximum absolute atomic E-state index is 5.29. The molecule has 12 rings (SSSR count). The Morgan fingerprint density at radius 2 is 0.945 bits per heavy atom. The summed E-state index contributed by atoms with van der Waals surface area (Å²) in [5, 5.41) is 0. The van der Waals surface area contributed by atoms with Crippen LogP contribution in [0.3, 0.4) is 0 Å². The average molecular weight is 937 g/mol. The lowest BCUT2D eigenvalue weighted by molar-refractivity contribution is 0.464. The number of allylic oxidation sites excluding steroid dienone is 6. The number of para-hydroxylation sites is 1. The standard InChI is InChI=1S/C71H56N2/c1-4-23-68-67(5-2)72-70(73(68)62-32-19-10-20-33-62)54-38-36-53(37-39-54)55-40-41-64-66(48-55)71(3,61-46-58(51-28-15-8-16-29-51)43-59(47-61)52-30-17-9-18-31-52)65-35-22-21-34-63(65)69(64)60-44-56(49-24-11-6-12-25-49)42-57(45-60)50-26-13-7-14-27-50/h4,6-48,66H,5H2,1-3H3/b23-4-. The van der Waals surface area contributed by atoms with Crippen molar-refractivity contribution in [1.82, 2.24) is 9.55 Å². The van der Waals surface area contributed by atoms with E-state index in [1.807, 2.05) is 0 Å². The van der Waals surface area contributed by atoms with E-state index >= 15 is 0 Å². The summed E-state index contributed by atoms with van der Waals surface area (Å²) in [6, 6.07) is 86.8. The maximum Gasteiger partial charge on any atom is 0.145 e. The van der Waals surface area contributed by atoms with Crippen molar-refractivity contribution in [3.63, 3.8) is 0 Å². The SMILES string of the molecule is C/C=C\c1c(CC)nc(-c2ccc(C3=CC4C(=C(c5cc(-c6ccccc6)cc(-c6ccccc6)c5)c5ccccc5C4(C)c4cc(-c5ccccc5)cc(-c5ccccc5)c4)C=C3)cc2)n1-c1ccccc1. The van der Waals surface area contributed by atoms with Crippen LogP contribution in [-0.4, -0.2) is 9.55 Å². The highest BCUT2D eigenvalue weighted by atomic mass is 15.1. The van der Waals surface area contributed by atoms with Gasteiger partial charge in [-0.05, 0) is 145 Å². The summed E-state index contributed by atoms with van der Waals surface area (Å²) < 4.78 is 2.31. The lowest BCUT2D eigenvalue weighted by Crippen LogP contribution is -2.38. The van der Waals surface area contributed by atoms with Gasteiger partial charge in [0.25, 0.3) is 0 Å². The van der Waals surface area contributed by atoms with Crippen LogP contribution < -0.4 is 0 Å². The Morgan fingerprint density at radius 3 is 1.47 bits per heavy atom. The average Bonchev–Trinajstić information content (AvgIpc) is 3.84. The van der Waals surface area contributed by atoms with Crippen LogP contribution in [0.1, 0.15) is 60.0 Å². The molecule has 2 unspecified atom stereocenters. The molecule has 9 aromatic carbocycles. The summed E-state index contributed by atoms with van der Waals surface area (Å²) in [7, 11) is 0. The summed E-state index contributed by atoms with van der Waals surface area (Å²) >= 11 is 0. The van der Waals surface area contributed by atoms with Crippen LogP contribution in [0.4, 0.5) is 0 Å². The Bertz CT molecular complexity index is 3630. The van der Waals surface area contributed by atoms with E-state index < -0.39 is 5.41 Å². The van der Waals surface area contributed by atoms with Gasteiger partial charge >= 0.3 is 0 Å². The van der Waals surface area contributed by atoms with Crippen LogP contribution >= 0.6 is 0 Å². The number of rotatable bonds is 11. The first-order valence-corrected chi connectivity index (χ1v) is 25.7. The lowest BCUT2D eigenvalue weighted by atomic mass is 9.57. The zero-order valence-electron chi connectivity index (χ0n) is 41.6. The molecule has 0 aliphatic heterocycles. The van der Waals surface area contributed by atoms with Crippen molar-refractivity contribution in [1.29, 1.82) is 0 Å². The molecule has 0 saturated heterocycles. The van der Waals surface area contributed by atoms with Gasteiger partial charge in [0.2, 0.25) is 0 Å². The van der Waals surface area contributed by atoms with Gasteiger partial charge in [0.15, 0.2) is 0 Å². The van der Waals surface area contributed by atoms with Crippen LogP contribution in [0.15, 0.2) is 266 Å². The summed E-state index contributed by atoms with van der Waals surface area (Å²) in [5.74, 6) is 0.905. The number of imidazole rings is 1. The van der Waals surface area contributed by atoms with E-state index in [9.17, 15) is 0 Å². The van der Waals surface area contributed by atoms with Crippen molar-refractivity contribution in [2.24, 2.45) is 5.92 Å². The third kappa shape index (κ3) is 8.35. The number of nitrogens with zero attached hydrogens (tertiary/aromatic N) is 2. The van der Waals surface area contributed by atoms with E-state index in [1.54, 1.807) is 0 Å². The highest BCUT2D eigenvalue weighted by Gasteiger charge is 2.46. The molecule has 2 nitrogen and oxygen atoms in total. The van der Waals surface area contributed by atoms with Crippen LogP contribution in [0.2, 0.25) is 0 Å². The summed E-state index contributed by atoms with van der Waals surface area (Å²) in [6.07, 6.45) is 12.5. The quantitative estimate of drug-likeness (QED) is 0.126. The molecular weight excluding hydrogens is 881 g/mol. The Hall–Kier alpha value is -8.85. The van der Waals surface area contributed by atoms with Crippen LogP contribution in [0, 0.1) is 5.92 Å². The van der Waals surface area contributed by atoms with Gasteiger partial charge in [-0.15, -0.1) is 0 Å². The molecule has 0 fully saturated rings. The van der Waals surface area contributed by atoms with E-state index in [0.717, 1.165) is 34.9 Å². The first-order valence-electron chi connectivity index (χ1n) is 25.7. The largest absolute Gasteiger partial charge is 0.293 e. The van der Waals surface area contributed by atoms with Gasteiger partial charge in [-0.1, -0.05) is 238 Å². The minimum Gasteiger partial charge on any atom is -0.293 e. The second-order valence-corrected chi connectivity index (χ2v) is 19.4. The van der Waals surface area contributed by atoms with E-state index in [1.165, 1.54) is 89.0 Å². The Balaban J connectivity index is 1.08. The van der Waals surface area contributed by atoms with Gasteiger partial charge in [0, 0.05) is 22.6 Å². The van der Waals surface area contributed by atoms with Gasteiger partial charge < -0.3 is 0 Å². The highest BCUT2D eigenvalue weighted by Crippen LogP contribution is 2.56. The molecule has 0 amide bonds. The number of hydrogen-bond donors (Lipinski definition) is 0. The van der Waals surface area contributed by atoms with Gasteiger partial charge in [0.1, 0.15) is 5.82 Å². The molecule has 0 saturated carbocycles. The Labute approximate surface area is 430 Å². The zero-order valence-corrected chi connectivity index (χ0v) is 41.6. The molecule has 0 bridgehead atoms. The molecule has 10 aromatic rings. The number of hydrogen-bond acceptors (Lipinski definition) is 1. The number of benzene rings is 9. The van der Waals surface area contributed by atoms with Crippen LogP contribution in [0.5, 0.6) is 0 Å². The molecule has 1 aromatic heterocycles. The van der Waals surface area contributed by atoms with Crippen molar-refractivity contribution < 1.29 is 0 Å². The molecule has 2 heteroatoms. The fourth-order valence-electron chi connectivity index (χ4n) is 11.5. The maximum atomic E-state index is 5.29. The third-order valence-electron chi connectivity index (χ3n) is 15.1. The minimum atomic E-state index is -0.487. The van der Waals surface area contributed by atoms with Crippen molar-refractivity contribution in [3.8, 4) is 61.6 Å². The first-order chi connectivity index (χ1) is 36.0. The molecule has 0 N–H and O–H groups in total. The highest BCUT2D eigenvalue weighted by molar-refractivity contribution is 5.94. The Kier molecular flexibility index (Phi) is 12.0. The van der Waals surface area contributed by atoms with E-state index in [2.05, 4.69) is 292 Å². The number of fused-ring (bicyclic) bond motifs is 2. The predicted molar refractivity (Wildman–Crippen MR) is 307 cm³/mol. The summed E-state index contributed by atoms with van der Waals surface area (Å²) in [6.45, 7) is 6.76. The molecule has 0 radical (unpaired) electrons. The summed E-state index contributed by atoms with van der Waals surface area (Å²) in [5.41, 5.74) is 23.5. The third-order valence-corrected chi connectivity index (χ3v) is 15.1. The number of aromatic nitrogens is 2. The van der Waals surface area contributed by atoms with E-state index in [0.29, 0.717) is 0 Å². The van der Waals surface area contributed by atoms with Crippen molar-refractivity contribution in [3.05, 3.63) is 306 Å². The van der Waals surface area contributed by atoms with E-state index in [-0.39, 0.29) is 5.92 Å². The van der Waals surface area contributed by atoms with Gasteiger partial charge in [0.05, 0.1) is 11.4 Å². The van der Waals surface area contributed by atoms with Crippen molar-refractivity contribution in [2.75, 3.05) is 0 Å². The minimum absolute atomic E-state index is 0.0419. The molecule has 1 heterocycles. The smallest absolute Gasteiger partial charge is 0.145 e. The molecule has 73 heavy (non-hydrogen) atoms.